The van der Waals surface area contributed by atoms with Crippen molar-refractivity contribution in [2.24, 2.45) is 0 Å². The lowest BCUT2D eigenvalue weighted by molar-refractivity contribution is 0.254. The highest BCUT2D eigenvalue weighted by Gasteiger charge is 2.30. The van der Waals surface area contributed by atoms with Gasteiger partial charge in [0.15, 0.2) is 0 Å². The molecule has 104 valence electrons. The van der Waals surface area contributed by atoms with Crippen molar-refractivity contribution in [2.75, 3.05) is 25.9 Å². The number of hydrogen-bond acceptors (Lipinski definition) is 3. The van der Waals surface area contributed by atoms with E-state index in [1.807, 2.05) is 0 Å². The van der Waals surface area contributed by atoms with Crippen molar-refractivity contribution >= 4 is 5.69 Å². The molecule has 2 heterocycles. The van der Waals surface area contributed by atoms with E-state index in [1.54, 1.807) is 0 Å². The number of likely N-dealkylation sites (tertiary alicyclic amines) is 1. The molecule has 1 fully saturated rings. The zero-order valence-electron chi connectivity index (χ0n) is 12.2. The van der Waals surface area contributed by atoms with Crippen LogP contribution in [0, 0.1) is 6.92 Å². The average Bonchev–Trinajstić information content (AvgIpc) is 2.73. The summed E-state index contributed by atoms with van der Waals surface area (Å²) in [7, 11) is 2.21. The molecule has 0 aromatic heterocycles. The minimum absolute atomic E-state index is 0.268. The fourth-order valence-electron chi connectivity index (χ4n) is 3.65. The second-order valence-corrected chi connectivity index (χ2v) is 6.21. The third-order valence-electron chi connectivity index (χ3n) is 4.60. The first kappa shape index (κ1) is 12.8. The molecule has 2 aliphatic rings. The third kappa shape index (κ3) is 2.20. The zero-order valence-corrected chi connectivity index (χ0v) is 12.2. The number of fused-ring (bicyclic) bond motifs is 1. The quantitative estimate of drug-likeness (QED) is 0.789. The number of nitrogens with two attached hydrogens (primary N) is 1. The summed E-state index contributed by atoms with van der Waals surface area (Å²) in [6, 6.07) is 2.10. The molecular formula is C16H24N2O. The Balaban J connectivity index is 2.00. The van der Waals surface area contributed by atoms with Crippen LogP contribution in [0.25, 0.3) is 0 Å². The van der Waals surface area contributed by atoms with Crippen molar-refractivity contribution < 1.29 is 4.74 Å². The van der Waals surface area contributed by atoms with Crippen molar-refractivity contribution in [1.82, 2.24) is 4.90 Å². The SMILES string of the molecule is Cc1cc(N)c2c(c1C1CCN(C)CC1)CC(C)O2. The zero-order chi connectivity index (χ0) is 13.6. The minimum atomic E-state index is 0.268. The van der Waals surface area contributed by atoms with Gasteiger partial charge in [-0.25, -0.2) is 0 Å². The Kier molecular flexibility index (Phi) is 3.17. The van der Waals surface area contributed by atoms with Crippen LogP contribution in [0.4, 0.5) is 5.69 Å². The molecule has 1 aromatic rings. The van der Waals surface area contributed by atoms with Crippen LogP contribution in [0.5, 0.6) is 5.75 Å². The lowest BCUT2D eigenvalue weighted by Gasteiger charge is -2.31. The van der Waals surface area contributed by atoms with Crippen molar-refractivity contribution in [2.45, 2.75) is 45.1 Å². The number of aryl methyl sites for hydroxylation is 1. The molecule has 0 amide bonds. The maximum atomic E-state index is 6.12. The number of ether oxygens (including phenoxy) is 1. The van der Waals surface area contributed by atoms with Gasteiger partial charge in [0.25, 0.3) is 0 Å². The molecule has 1 atom stereocenters. The van der Waals surface area contributed by atoms with Gasteiger partial charge in [0.05, 0.1) is 5.69 Å². The van der Waals surface area contributed by atoms with Crippen LogP contribution in [0.1, 0.15) is 42.4 Å². The molecule has 1 saturated heterocycles. The van der Waals surface area contributed by atoms with Crippen molar-refractivity contribution in [1.29, 1.82) is 0 Å². The predicted octanol–water partition coefficient (Wildman–Crippen LogP) is 2.71. The molecule has 0 aliphatic carbocycles. The summed E-state index contributed by atoms with van der Waals surface area (Å²) in [5.74, 6) is 1.64. The molecule has 0 radical (unpaired) electrons. The Bertz CT molecular complexity index is 490. The Morgan fingerprint density at radius 2 is 2.00 bits per heavy atom. The van der Waals surface area contributed by atoms with Gasteiger partial charge in [-0.3, -0.25) is 0 Å². The van der Waals surface area contributed by atoms with Gasteiger partial charge in [0.1, 0.15) is 11.9 Å². The van der Waals surface area contributed by atoms with Crippen molar-refractivity contribution in [3.63, 3.8) is 0 Å². The number of nitrogen functional groups attached to an aromatic ring is 1. The summed E-state index contributed by atoms with van der Waals surface area (Å²) in [5.41, 5.74) is 11.2. The van der Waals surface area contributed by atoms with Crippen LogP contribution in [0.2, 0.25) is 0 Å². The van der Waals surface area contributed by atoms with Crippen LogP contribution < -0.4 is 10.5 Å². The van der Waals surface area contributed by atoms with Crippen molar-refractivity contribution in [3.05, 3.63) is 22.8 Å². The van der Waals surface area contributed by atoms with Gasteiger partial charge < -0.3 is 15.4 Å². The molecule has 0 bridgehead atoms. The largest absolute Gasteiger partial charge is 0.488 e. The van der Waals surface area contributed by atoms with Crippen LogP contribution >= 0.6 is 0 Å². The summed E-state index contributed by atoms with van der Waals surface area (Å²) < 4.78 is 5.91. The van der Waals surface area contributed by atoms with Gasteiger partial charge in [0.2, 0.25) is 0 Å². The van der Waals surface area contributed by atoms with Gasteiger partial charge in [-0.05, 0) is 69.9 Å². The number of anilines is 1. The average molecular weight is 260 g/mol. The van der Waals surface area contributed by atoms with Gasteiger partial charge in [-0.15, -0.1) is 0 Å². The summed E-state index contributed by atoms with van der Waals surface area (Å²) in [5, 5.41) is 0. The fourth-order valence-corrected chi connectivity index (χ4v) is 3.65. The van der Waals surface area contributed by atoms with E-state index in [2.05, 4.69) is 31.9 Å². The number of hydrogen-bond donors (Lipinski definition) is 1. The number of benzene rings is 1. The maximum Gasteiger partial charge on any atom is 0.146 e. The van der Waals surface area contributed by atoms with E-state index >= 15 is 0 Å². The van der Waals surface area contributed by atoms with Crippen LogP contribution in [0.15, 0.2) is 6.07 Å². The van der Waals surface area contributed by atoms with Gasteiger partial charge in [-0.2, -0.15) is 0 Å². The van der Waals surface area contributed by atoms with Gasteiger partial charge >= 0.3 is 0 Å². The second kappa shape index (κ2) is 4.71. The van der Waals surface area contributed by atoms with E-state index in [0.717, 1.165) is 17.9 Å². The first-order valence-corrected chi connectivity index (χ1v) is 7.33. The molecule has 0 spiro atoms. The molecular weight excluding hydrogens is 236 g/mol. The number of rotatable bonds is 1. The lowest BCUT2D eigenvalue weighted by atomic mass is 9.82. The number of piperidine rings is 1. The smallest absolute Gasteiger partial charge is 0.146 e. The molecule has 2 aliphatic heterocycles. The molecule has 1 aromatic carbocycles. The third-order valence-corrected chi connectivity index (χ3v) is 4.60. The van der Waals surface area contributed by atoms with Crippen LogP contribution in [0.3, 0.4) is 0 Å². The van der Waals surface area contributed by atoms with Crippen molar-refractivity contribution in [3.8, 4) is 5.75 Å². The summed E-state index contributed by atoms with van der Waals surface area (Å²) in [6.45, 7) is 6.72. The van der Waals surface area contributed by atoms with Gasteiger partial charge in [0, 0.05) is 12.0 Å². The molecule has 0 saturated carbocycles. The highest BCUT2D eigenvalue weighted by Crippen LogP contribution is 2.43. The molecule has 1 unspecified atom stereocenters. The Morgan fingerprint density at radius 1 is 1.32 bits per heavy atom. The highest BCUT2D eigenvalue weighted by molar-refractivity contribution is 5.64. The van der Waals surface area contributed by atoms with Gasteiger partial charge in [-0.1, -0.05) is 0 Å². The van der Waals surface area contributed by atoms with E-state index in [-0.39, 0.29) is 6.10 Å². The van der Waals surface area contributed by atoms with Crippen LogP contribution in [-0.4, -0.2) is 31.1 Å². The second-order valence-electron chi connectivity index (χ2n) is 6.21. The van der Waals surface area contributed by atoms with E-state index in [1.165, 1.54) is 42.6 Å². The summed E-state index contributed by atoms with van der Waals surface area (Å²) >= 11 is 0. The van der Waals surface area contributed by atoms with E-state index in [0.29, 0.717) is 5.92 Å². The number of nitrogens with zero attached hydrogens (tertiary/aromatic N) is 1. The fraction of sp³-hybridized carbons (Fsp3) is 0.625. The standard InChI is InChI=1S/C16H24N2O/c1-10-8-14(17)16-13(9-11(2)19-16)15(10)12-4-6-18(3)7-5-12/h8,11-12H,4-7,9,17H2,1-3H3. The summed E-state index contributed by atoms with van der Waals surface area (Å²) in [4.78, 5) is 2.42. The Labute approximate surface area is 115 Å². The van der Waals surface area contributed by atoms with Crippen LogP contribution in [-0.2, 0) is 6.42 Å². The predicted molar refractivity (Wildman–Crippen MR) is 78.9 cm³/mol. The topological polar surface area (TPSA) is 38.5 Å². The molecule has 19 heavy (non-hydrogen) atoms. The monoisotopic (exact) mass is 260 g/mol. The lowest BCUT2D eigenvalue weighted by Crippen LogP contribution is -2.29. The highest BCUT2D eigenvalue weighted by atomic mass is 16.5. The Hall–Kier alpha value is -1.22. The van der Waals surface area contributed by atoms with E-state index < -0.39 is 0 Å². The van der Waals surface area contributed by atoms with E-state index in [9.17, 15) is 0 Å². The first-order valence-electron chi connectivity index (χ1n) is 7.33. The molecule has 3 rings (SSSR count). The normalized spacial score (nSPS) is 24.3. The molecule has 3 nitrogen and oxygen atoms in total. The molecule has 2 N–H and O–H groups in total. The Morgan fingerprint density at radius 3 is 2.68 bits per heavy atom. The molecule has 3 heteroatoms. The maximum absolute atomic E-state index is 6.12. The van der Waals surface area contributed by atoms with E-state index in [4.69, 9.17) is 10.5 Å². The minimum Gasteiger partial charge on any atom is -0.488 e. The first-order chi connectivity index (χ1) is 9.06. The summed E-state index contributed by atoms with van der Waals surface area (Å²) in [6.07, 6.45) is 3.79.